The van der Waals surface area contributed by atoms with Crippen molar-refractivity contribution in [1.29, 1.82) is 0 Å². The number of ether oxygens (including phenoxy) is 10. The summed E-state index contributed by atoms with van der Waals surface area (Å²) in [4.78, 5) is 14.7. The summed E-state index contributed by atoms with van der Waals surface area (Å²) >= 11 is 0. The van der Waals surface area contributed by atoms with Gasteiger partial charge in [0, 0.05) is 30.1 Å². The van der Waals surface area contributed by atoms with Gasteiger partial charge in [-0.25, -0.2) is 0 Å². The van der Waals surface area contributed by atoms with Gasteiger partial charge >= 0.3 is 0 Å². The van der Waals surface area contributed by atoms with Crippen LogP contribution in [0.25, 0.3) is 0 Å². The van der Waals surface area contributed by atoms with Crippen LogP contribution in [-0.2, 0) is 52.2 Å². The first kappa shape index (κ1) is 55.1. The summed E-state index contributed by atoms with van der Waals surface area (Å²) in [7, 11) is 0. The number of rotatable bonds is 11. The molecular formula is C50H80O23. The van der Waals surface area contributed by atoms with Gasteiger partial charge in [0.05, 0.1) is 45.2 Å². The van der Waals surface area contributed by atoms with Crippen LogP contribution in [0, 0.1) is 52.3 Å². The van der Waals surface area contributed by atoms with E-state index in [1.807, 2.05) is 0 Å². The molecule has 23 heteroatoms. The average Bonchev–Trinajstić information content (AvgIpc) is 3.83. The summed E-state index contributed by atoms with van der Waals surface area (Å²) < 4.78 is 61.1. The number of hydrogen-bond acceptors (Lipinski definition) is 23. The van der Waals surface area contributed by atoms with Crippen molar-refractivity contribution in [3.05, 3.63) is 0 Å². The molecule has 0 radical (unpaired) electrons. The van der Waals surface area contributed by atoms with Crippen molar-refractivity contribution < 1.29 is 113 Å². The second-order valence-electron chi connectivity index (χ2n) is 23.7. The second-order valence-corrected chi connectivity index (χ2v) is 23.7. The molecule has 4 aliphatic carbocycles. The predicted octanol–water partition coefficient (Wildman–Crippen LogP) is -3.09. The maximum atomic E-state index is 14.7. The Hall–Kier alpha value is -1.21. The van der Waals surface area contributed by atoms with E-state index in [2.05, 4.69) is 27.7 Å². The lowest BCUT2D eigenvalue weighted by Crippen LogP contribution is -2.68. The Bertz CT molecular complexity index is 1910. The van der Waals surface area contributed by atoms with Crippen LogP contribution in [0.15, 0.2) is 0 Å². The van der Waals surface area contributed by atoms with Crippen LogP contribution in [-0.4, -0.2) is 235 Å². The first-order chi connectivity index (χ1) is 34.7. The maximum absolute atomic E-state index is 14.7. The molecule has 418 valence electrons. The Balaban J connectivity index is 0.820. The van der Waals surface area contributed by atoms with Crippen LogP contribution in [0.1, 0.15) is 85.5 Å². The lowest BCUT2D eigenvalue weighted by atomic mass is 9.44. The molecule has 6 saturated heterocycles. The molecule has 0 aromatic heterocycles. The van der Waals surface area contributed by atoms with Gasteiger partial charge in [-0.15, -0.1) is 0 Å². The number of aliphatic hydroxyl groups excluding tert-OH is 12. The third-order valence-electron chi connectivity index (χ3n) is 19.9. The van der Waals surface area contributed by atoms with Crippen LogP contribution in [0.4, 0.5) is 0 Å². The number of carbonyl (C=O) groups excluding carboxylic acids is 1. The van der Waals surface area contributed by atoms with E-state index in [1.165, 1.54) is 0 Å². The van der Waals surface area contributed by atoms with Gasteiger partial charge in [-0.05, 0) is 80.0 Å². The minimum atomic E-state index is -2.01. The summed E-state index contributed by atoms with van der Waals surface area (Å²) in [5.74, 6) is 1.40. The van der Waals surface area contributed by atoms with Gasteiger partial charge in [-0.3, -0.25) is 4.79 Å². The quantitative estimate of drug-likeness (QED) is 0.0913. The second kappa shape index (κ2) is 21.1. The Morgan fingerprint density at radius 3 is 1.92 bits per heavy atom. The lowest BCUT2D eigenvalue weighted by molar-refractivity contribution is -0.404. The highest BCUT2D eigenvalue weighted by molar-refractivity contribution is 5.87. The highest BCUT2D eigenvalue weighted by atomic mass is 16.8. The van der Waals surface area contributed by atoms with E-state index < -0.39 is 160 Å². The fourth-order valence-corrected chi connectivity index (χ4v) is 15.6. The standard InChI is InChI=1S/C50H80O23/c1-19-7-10-50(65-17-19)20(2)32-27(73-50)12-25-23-6-5-21-11-22(8-9-48(21,3)24(23)13-31(55)49(25,32)4)66-45-40(63)37(60)41(30(16-53)69-45)70-47-43(72-46-39(62)36(59)34(57)28(14-51)67-46)42(35(58)29(15-52)68-47)71-44-38(61)33(56)26(54)18-64-44/h19-30,32-47,51-54,56-63H,5-18H2,1-4H3/t19-,20+,21+,22+,23-,24+,25+,26-,27+,28-,29-,30-,32+,33+,34+,35-,36+,37-,38-,39-,40-,41+,42+,43-,44+,45-,46+,47+,48+,49-,50-/m1/s1. The highest BCUT2D eigenvalue weighted by Gasteiger charge is 2.72. The van der Waals surface area contributed by atoms with Gasteiger partial charge in [0.25, 0.3) is 0 Å². The van der Waals surface area contributed by atoms with Crippen LogP contribution in [0.3, 0.4) is 0 Å². The zero-order valence-corrected chi connectivity index (χ0v) is 41.9. The van der Waals surface area contributed by atoms with Gasteiger partial charge in [-0.1, -0.05) is 27.7 Å². The Morgan fingerprint density at radius 1 is 0.589 bits per heavy atom. The topological polar surface area (TPSA) is 352 Å². The minimum Gasteiger partial charge on any atom is -0.394 e. The molecule has 6 heterocycles. The number of fused-ring (bicyclic) bond motifs is 7. The molecule has 10 fully saturated rings. The summed E-state index contributed by atoms with van der Waals surface area (Å²) in [6, 6.07) is 0. The fourth-order valence-electron chi connectivity index (χ4n) is 15.6. The Kier molecular flexibility index (Phi) is 15.9. The molecule has 4 saturated carbocycles. The molecule has 73 heavy (non-hydrogen) atoms. The molecule has 0 aromatic carbocycles. The average molecular weight is 1050 g/mol. The van der Waals surface area contributed by atoms with Gasteiger partial charge in [0.1, 0.15) is 97.3 Å². The maximum Gasteiger partial charge on any atom is 0.187 e. The van der Waals surface area contributed by atoms with E-state index in [1.54, 1.807) is 0 Å². The third-order valence-corrected chi connectivity index (χ3v) is 19.9. The first-order valence-electron chi connectivity index (χ1n) is 26.7. The molecule has 12 N–H and O–H groups in total. The molecule has 31 atom stereocenters. The third kappa shape index (κ3) is 9.30. The molecule has 10 aliphatic rings. The largest absolute Gasteiger partial charge is 0.394 e. The van der Waals surface area contributed by atoms with Crippen molar-refractivity contribution in [2.24, 2.45) is 52.3 Å². The van der Waals surface area contributed by atoms with Crippen LogP contribution in [0.5, 0.6) is 0 Å². The monoisotopic (exact) mass is 1050 g/mol. The van der Waals surface area contributed by atoms with E-state index in [0.717, 1.165) is 38.5 Å². The van der Waals surface area contributed by atoms with E-state index in [0.29, 0.717) is 43.5 Å². The smallest absolute Gasteiger partial charge is 0.187 e. The molecule has 0 amide bonds. The number of aliphatic hydroxyl groups is 12. The predicted molar refractivity (Wildman–Crippen MR) is 243 cm³/mol. The minimum absolute atomic E-state index is 0.0117. The summed E-state index contributed by atoms with van der Waals surface area (Å²) in [5, 5.41) is 129. The lowest BCUT2D eigenvalue weighted by Gasteiger charge is -2.60. The molecule has 0 unspecified atom stereocenters. The van der Waals surface area contributed by atoms with E-state index in [9.17, 15) is 66.1 Å². The molecule has 1 spiro atoms. The Morgan fingerprint density at radius 2 is 1.22 bits per heavy atom. The SMILES string of the molecule is C[C@@H]1CC[C@@]2(OC1)O[C@H]1C[C@H]3[C@@H]4CC[C@H]5C[C@@H](O[C@@H]6O[C@H](CO)[C@H](O[C@@H]7O[C@H](CO)[C@@H](O)[C@H](O[C@@H]8OC[C@@H](O)[C@H](O)[C@H]8O)[C@H]7O[C@@H]7O[C@H](CO)[C@H](O)[C@H](O)[C@H]7O)[C@H](O)[C@H]6O)CC[C@]5(C)[C@H]4CC(=O)[C@]3(C)[C@H]1[C@@H]2C. The van der Waals surface area contributed by atoms with Gasteiger partial charge in [0.15, 0.2) is 30.9 Å². The normalized spacial score (nSPS) is 57.2. The summed E-state index contributed by atoms with van der Waals surface area (Å²) in [6.07, 6.45) is -26.6. The van der Waals surface area contributed by atoms with Gasteiger partial charge < -0.3 is 109 Å². The molecule has 0 aromatic rings. The van der Waals surface area contributed by atoms with Gasteiger partial charge in [-0.2, -0.15) is 0 Å². The zero-order chi connectivity index (χ0) is 52.2. The van der Waals surface area contributed by atoms with E-state index >= 15 is 0 Å². The molecular weight excluding hydrogens is 969 g/mol. The van der Waals surface area contributed by atoms with E-state index in [-0.39, 0.29) is 41.1 Å². The summed E-state index contributed by atoms with van der Waals surface area (Å²) in [5.41, 5.74) is -0.628. The van der Waals surface area contributed by atoms with Crippen LogP contribution < -0.4 is 0 Å². The Labute approximate surface area is 423 Å². The number of Topliss-reactive ketones (excluding diaryl/α,β-unsaturated/α-hetero) is 1. The number of hydrogen-bond donors (Lipinski definition) is 12. The van der Waals surface area contributed by atoms with Crippen molar-refractivity contribution in [2.75, 3.05) is 33.0 Å². The molecule has 0 bridgehead atoms. The van der Waals surface area contributed by atoms with Crippen molar-refractivity contribution in [2.45, 2.75) is 220 Å². The van der Waals surface area contributed by atoms with Crippen molar-refractivity contribution in [1.82, 2.24) is 0 Å². The zero-order valence-electron chi connectivity index (χ0n) is 41.9. The number of ketones is 1. The molecule has 6 aliphatic heterocycles. The summed E-state index contributed by atoms with van der Waals surface area (Å²) in [6.45, 7) is 6.58. The molecule has 10 rings (SSSR count). The number of carbonyl (C=O) groups is 1. The van der Waals surface area contributed by atoms with Crippen LogP contribution in [0.2, 0.25) is 0 Å². The van der Waals surface area contributed by atoms with Crippen molar-refractivity contribution >= 4 is 5.78 Å². The highest BCUT2D eigenvalue weighted by Crippen LogP contribution is 2.70. The first-order valence-corrected chi connectivity index (χ1v) is 26.7. The van der Waals surface area contributed by atoms with E-state index in [4.69, 9.17) is 47.4 Å². The van der Waals surface area contributed by atoms with Gasteiger partial charge in [0.2, 0.25) is 0 Å². The van der Waals surface area contributed by atoms with Crippen molar-refractivity contribution in [3.8, 4) is 0 Å². The van der Waals surface area contributed by atoms with Crippen LogP contribution >= 0.6 is 0 Å². The van der Waals surface area contributed by atoms with Crippen molar-refractivity contribution in [3.63, 3.8) is 0 Å². The fraction of sp³-hybridized carbons (Fsp3) is 0.980. The molecule has 23 nitrogen and oxygen atoms in total.